The Morgan fingerprint density at radius 2 is 1.61 bits per heavy atom. The Bertz CT molecular complexity index is 666. The minimum atomic E-state index is -0.526. The Morgan fingerprint density at radius 3 is 2.26 bits per heavy atom. The minimum absolute atomic E-state index is 0.00548. The third-order valence-electron chi connectivity index (χ3n) is 3.24. The monoisotopic (exact) mass is 315 g/mol. The Hall–Kier alpha value is -2.69. The maximum absolute atomic E-state index is 12.8. The van der Waals surface area contributed by atoms with Crippen LogP contribution in [-0.4, -0.2) is 18.5 Å². The molecule has 2 aromatic rings. The molecule has 0 aliphatic carbocycles. The van der Waals surface area contributed by atoms with E-state index < -0.39 is 5.97 Å². The van der Waals surface area contributed by atoms with Crippen molar-refractivity contribution in [1.82, 2.24) is 5.32 Å². The van der Waals surface area contributed by atoms with Crippen molar-refractivity contribution < 1.29 is 18.7 Å². The maximum Gasteiger partial charge on any atom is 0.310 e. The van der Waals surface area contributed by atoms with Crippen molar-refractivity contribution in [2.45, 2.75) is 19.9 Å². The third-order valence-corrected chi connectivity index (χ3v) is 3.24. The summed E-state index contributed by atoms with van der Waals surface area (Å²) in [5.74, 6) is -1.25. The van der Waals surface area contributed by atoms with Gasteiger partial charge in [0.15, 0.2) is 6.61 Å². The van der Waals surface area contributed by atoms with Crippen molar-refractivity contribution in [3.05, 3.63) is 71.0 Å². The van der Waals surface area contributed by atoms with Crippen molar-refractivity contribution in [2.24, 2.45) is 0 Å². The van der Waals surface area contributed by atoms with Gasteiger partial charge in [-0.1, -0.05) is 42.0 Å². The Labute approximate surface area is 134 Å². The summed E-state index contributed by atoms with van der Waals surface area (Å²) in [6, 6.07) is 13.3. The number of esters is 1. The molecule has 2 aromatic carbocycles. The second kappa shape index (κ2) is 8.08. The van der Waals surface area contributed by atoms with Gasteiger partial charge in [-0.15, -0.1) is 0 Å². The van der Waals surface area contributed by atoms with Crippen molar-refractivity contribution in [3.8, 4) is 0 Å². The van der Waals surface area contributed by atoms with E-state index >= 15 is 0 Å². The summed E-state index contributed by atoms with van der Waals surface area (Å²) in [7, 11) is 0. The Morgan fingerprint density at radius 1 is 1.00 bits per heavy atom. The van der Waals surface area contributed by atoms with Crippen molar-refractivity contribution in [2.75, 3.05) is 6.61 Å². The van der Waals surface area contributed by atoms with Crippen LogP contribution in [0.15, 0.2) is 48.5 Å². The van der Waals surface area contributed by atoms with E-state index in [4.69, 9.17) is 4.74 Å². The zero-order chi connectivity index (χ0) is 16.7. The molecule has 0 aliphatic heterocycles. The molecule has 4 nitrogen and oxygen atoms in total. The minimum Gasteiger partial charge on any atom is -0.455 e. The van der Waals surface area contributed by atoms with Crippen LogP contribution in [0.5, 0.6) is 0 Å². The summed E-state index contributed by atoms with van der Waals surface area (Å²) in [4.78, 5) is 23.3. The molecule has 120 valence electrons. The van der Waals surface area contributed by atoms with Gasteiger partial charge in [-0.3, -0.25) is 9.59 Å². The number of aryl methyl sites for hydroxylation is 1. The smallest absolute Gasteiger partial charge is 0.310 e. The standard InChI is InChI=1S/C18H18FNO3/c1-13-2-4-15(5-3-13)11-20-17(21)12-23-18(22)10-14-6-8-16(19)9-7-14/h2-9H,10-12H2,1H3,(H,20,21). The first kappa shape index (κ1) is 16.7. The number of ether oxygens (including phenoxy) is 1. The average molecular weight is 315 g/mol. The van der Waals surface area contributed by atoms with Crippen LogP contribution in [0.1, 0.15) is 16.7 Å². The largest absolute Gasteiger partial charge is 0.455 e. The van der Waals surface area contributed by atoms with Gasteiger partial charge >= 0.3 is 5.97 Å². The second-order valence-electron chi connectivity index (χ2n) is 5.23. The number of carbonyl (C=O) groups is 2. The van der Waals surface area contributed by atoms with E-state index in [1.165, 1.54) is 24.3 Å². The predicted molar refractivity (Wildman–Crippen MR) is 84.1 cm³/mol. The topological polar surface area (TPSA) is 55.4 Å². The van der Waals surface area contributed by atoms with E-state index in [1.807, 2.05) is 31.2 Å². The fourth-order valence-corrected chi connectivity index (χ4v) is 1.92. The summed E-state index contributed by atoms with van der Waals surface area (Å²) in [5, 5.41) is 2.68. The lowest BCUT2D eigenvalue weighted by molar-refractivity contribution is -0.147. The first-order chi connectivity index (χ1) is 11.0. The molecule has 1 amide bonds. The molecule has 0 unspecified atom stereocenters. The Balaban J connectivity index is 1.70. The molecule has 23 heavy (non-hydrogen) atoms. The van der Waals surface area contributed by atoms with Crippen molar-refractivity contribution in [1.29, 1.82) is 0 Å². The number of amides is 1. The van der Waals surface area contributed by atoms with E-state index in [0.717, 1.165) is 11.1 Å². The third kappa shape index (κ3) is 5.90. The molecule has 5 heteroatoms. The van der Waals surface area contributed by atoms with Gasteiger partial charge in [0.2, 0.25) is 0 Å². The molecule has 2 rings (SSSR count). The van der Waals surface area contributed by atoms with Crippen LogP contribution in [0.3, 0.4) is 0 Å². The molecule has 0 aliphatic rings. The summed E-state index contributed by atoms with van der Waals surface area (Å²) in [6.07, 6.45) is 0.00548. The van der Waals surface area contributed by atoms with Gasteiger partial charge < -0.3 is 10.1 Å². The van der Waals surface area contributed by atoms with Crippen LogP contribution in [0.25, 0.3) is 0 Å². The van der Waals surface area contributed by atoms with E-state index in [0.29, 0.717) is 12.1 Å². The quantitative estimate of drug-likeness (QED) is 0.834. The first-order valence-electron chi connectivity index (χ1n) is 7.25. The fourth-order valence-electron chi connectivity index (χ4n) is 1.92. The lowest BCUT2D eigenvalue weighted by atomic mass is 10.1. The van der Waals surface area contributed by atoms with Gasteiger partial charge in [0, 0.05) is 6.54 Å². The molecular formula is C18H18FNO3. The zero-order valence-electron chi connectivity index (χ0n) is 12.8. The van der Waals surface area contributed by atoms with E-state index in [1.54, 1.807) is 0 Å². The summed E-state index contributed by atoms with van der Waals surface area (Å²) in [5.41, 5.74) is 2.76. The predicted octanol–water partition coefficient (Wildman–Crippen LogP) is 2.54. The average Bonchev–Trinajstić information content (AvgIpc) is 2.54. The molecule has 0 fully saturated rings. The van der Waals surface area contributed by atoms with Gasteiger partial charge in [-0.25, -0.2) is 4.39 Å². The summed E-state index contributed by atoms with van der Waals surface area (Å²) < 4.78 is 17.7. The van der Waals surface area contributed by atoms with Gasteiger partial charge in [-0.05, 0) is 30.2 Å². The van der Waals surface area contributed by atoms with Gasteiger partial charge in [-0.2, -0.15) is 0 Å². The number of benzene rings is 2. The maximum atomic E-state index is 12.8. The number of hydrogen-bond donors (Lipinski definition) is 1. The van der Waals surface area contributed by atoms with E-state index in [9.17, 15) is 14.0 Å². The lowest BCUT2D eigenvalue weighted by Crippen LogP contribution is -2.28. The first-order valence-corrected chi connectivity index (χ1v) is 7.25. The molecule has 0 spiro atoms. The number of nitrogens with one attached hydrogen (secondary N) is 1. The Kier molecular flexibility index (Phi) is 5.86. The highest BCUT2D eigenvalue weighted by Crippen LogP contribution is 2.05. The van der Waals surface area contributed by atoms with Gasteiger partial charge in [0.25, 0.3) is 5.91 Å². The molecule has 1 N–H and O–H groups in total. The molecule has 0 bridgehead atoms. The van der Waals surface area contributed by atoms with Crippen LogP contribution in [0.2, 0.25) is 0 Å². The molecule has 0 heterocycles. The highest BCUT2D eigenvalue weighted by atomic mass is 19.1. The summed E-state index contributed by atoms with van der Waals surface area (Å²) >= 11 is 0. The molecule has 0 atom stereocenters. The highest BCUT2D eigenvalue weighted by molar-refractivity contribution is 5.81. The number of hydrogen-bond acceptors (Lipinski definition) is 3. The van der Waals surface area contributed by atoms with Gasteiger partial charge in [0.1, 0.15) is 5.82 Å². The SMILES string of the molecule is Cc1ccc(CNC(=O)COC(=O)Cc2ccc(F)cc2)cc1. The molecule has 0 aromatic heterocycles. The van der Waals surface area contributed by atoms with E-state index in [2.05, 4.69) is 5.32 Å². The highest BCUT2D eigenvalue weighted by Gasteiger charge is 2.08. The zero-order valence-corrected chi connectivity index (χ0v) is 12.8. The van der Waals surface area contributed by atoms with Crippen molar-refractivity contribution in [3.63, 3.8) is 0 Å². The van der Waals surface area contributed by atoms with Crippen LogP contribution >= 0.6 is 0 Å². The van der Waals surface area contributed by atoms with Crippen LogP contribution in [0, 0.1) is 12.7 Å². The van der Waals surface area contributed by atoms with Gasteiger partial charge in [0.05, 0.1) is 6.42 Å². The number of carbonyl (C=O) groups excluding carboxylic acids is 2. The molecular weight excluding hydrogens is 297 g/mol. The van der Waals surface area contributed by atoms with Crippen LogP contribution in [0.4, 0.5) is 4.39 Å². The number of rotatable bonds is 6. The normalized spacial score (nSPS) is 10.2. The van der Waals surface area contributed by atoms with Crippen LogP contribution in [-0.2, 0) is 27.3 Å². The van der Waals surface area contributed by atoms with Crippen LogP contribution < -0.4 is 5.32 Å². The molecule has 0 radical (unpaired) electrons. The summed E-state index contributed by atoms with van der Waals surface area (Å²) in [6.45, 7) is 2.05. The van der Waals surface area contributed by atoms with Crippen molar-refractivity contribution >= 4 is 11.9 Å². The molecule has 0 saturated heterocycles. The second-order valence-corrected chi connectivity index (χ2v) is 5.23. The fraction of sp³-hybridized carbons (Fsp3) is 0.222. The van der Waals surface area contributed by atoms with E-state index in [-0.39, 0.29) is 24.8 Å². The lowest BCUT2D eigenvalue weighted by Gasteiger charge is -2.07. The molecule has 0 saturated carbocycles. The number of halogens is 1.